The average molecular weight is 435 g/mol. The fourth-order valence-corrected chi connectivity index (χ4v) is 2.85. The van der Waals surface area contributed by atoms with Gasteiger partial charge in [-0.05, 0) is 46.5 Å². The predicted octanol–water partition coefficient (Wildman–Crippen LogP) is 5.53. The van der Waals surface area contributed by atoms with Crippen LogP contribution in [0.1, 0.15) is 19.5 Å². The van der Waals surface area contributed by atoms with Crippen LogP contribution < -0.4 is 4.74 Å². The molecule has 0 aliphatic heterocycles. The second kappa shape index (κ2) is 7.07. The van der Waals surface area contributed by atoms with E-state index in [9.17, 15) is 0 Å². The molecule has 21 heavy (non-hydrogen) atoms. The lowest BCUT2D eigenvalue weighted by atomic mass is 10.1. The van der Waals surface area contributed by atoms with Gasteiger partial charge < -0.3 is 4.74 Å². The third-order valence-corrected chi connectivity index (χ3v) is 4.71. The van der Waals surface area contributed by atoms with Crippen molar-refractivity contribution in [3.8, 4) is 17.1 Å². The Morgan fingerprint density at radius 2 is 1.95 bits per heavy atom. The van der Waals surface area contributed by atoms with E-state index in [1.54, 1.807) is 7.11 Å². The van der Waals surface area contributed by atoms with E-state index >= 15 is 0 Å². The number of rotatable bonds is 4. The van der Waals surface area contributed by atoms with Gasteiger partial charge in [0, 0.05) is 4.47 Å². The van der Waals surface area contributed by atoms with E-state index in [0.29, 0.717) is 22.6 Å². The molecule has 0 N–H and O–H groups in total. The standard InChI is InChI=1S/C15H15Br2ClN2O/c1-8(2)6-11-13(17)14(18)20-15(19-11)10-7-9(16)4-5-12(10)21-3/h4-5,7-8H,6H2,1-3H3. The minimum Gasteiger partial charge on any atom is -0.496 e. The van der Waals surface area contributed by atoms with Gasteiger partial charge in [-0.2, -0.15) is 0 Å². The van der Waals surface area contributed by atoms with Crippen LogP contribution in [0.15, 0.2) is 27.1 Å². The van der Waals surface area contributed by atoms with Gasteiger partial charge in [0.15, 0.2) is 5.82 Å². The minimum atomic E-state index is 0.415. The SMILES string of the molecule is COc1ccc(Br)cc1-c1nc(Cl)c(Br)c(CC(C)C)n1. The Bertz CT molecular complexity index is 662. The molecule has 0 fully saturated rings. The second-order valence-corrected chi connectivity index (χ2v) is 7.11. The number of aromatic nitrogens is 2. The first kappa shape index (κ1) is 16.7. The molecule has 1 aromatic heterocycles. The molecule has 0 saturated carbocycles. The zero-order valence-corrected chi connectivity index (χ0v) is 15.9. The first-order chi connectivity index (χ1) is 9.92. The maximum absolute atomic E-state index is 6.24. The Morgan fingerprint density at radius 1 is 1.24 bits per heavy atom. The number of benzene rings is 1. The molecule has 0 unspecified atom stereocenters. The molecule has 0 spiro atoms. The molecular weight excluding hydrogens is 419 g/mol. The maximum Gasteiger partial charge on any atom is 0.164 e. The third-order valence-electron chi connectivity index (χ3n) is 2.88. The number of methoxy groups -OCH3 is 1. The van der Waals surface area contributed by atoms with Gasteiger partial charge in [0.25, 0.3) is 0 Å². The van der Waals surface area contributed by atoms with Crippen LogP contribution in [-0.2, 0) is 6.42 Å². The molecule has 0 saturated heterocycles. The van der Waals surface area contributed by atoms with Crippen molar-refractivity contribution in [2.75, 3.05) is 7.11 Å². The summed E-state index contributed by atoms with van der Waals surface area (Å²) >= 11 is 13.2. The van der Waals surface area contributed by atoms with Crippen molar-refractivity contribution in [3.63, 3.8) is 0 Å². The monoisotopic (exact) mass is 432 g/mol. The van der Waals surface area contributed by atoms with E-state index in [0.717, 1.165) is 26.6 Å². The van der Waals surface area contributed by atoms with E-state index in [4.69, 9.17) is 16.3 Å². The molecule has 1 aromatic carbocycles. The summed E-state index contributed by atoms with van der Waals surface area (Å²) in [5, 5.41) is 0.415. The quantitative estimate of drug-likeness (QED) is 0.594. The third kappa shape index (κ3) is 3.96. The van der Waals surface area contributed by atoms with E-state index in [1.807, 2.05) is 18.2 Å². The van der Waals surface area contributed by atoms with Crippen LogP contribution in [0.4, 0.5) is 0 Å². The van der Waals surface area contributed by atoms with Crippen LogP contribution in [-0.4, -0.2) is 17.1 Å². The number of hydrogen-bond acceptors (Lipinski definition) is 3. The van der Waals surface area contributed by atoms with Crippen LogP contribution in [0.3, 0.4) is 0 Å². The average Bonchev–Trinajstić information content (AvgIpc) is 2.43. The van der Waals surface area contributed by atoms with Crippen molar-refractivity contribution >= 4 is 43.5 Å². The Labute approximate surface area is 146 Å². The highest BCUT2D eigenvalue weighted by molar-refractivity contribution is 9.10. The van der Waals surface area contributed by atoms with E-state index < -0.39 is 0 Å². The summed E-state index contributed by atoms with van der Waals surface area (Å²) in [7, 11) is 1.63. The second-order valence-electron chi connectivity index (χ2n) is 5.04. The highest BCUT2D eigenvalue weighted by Crippen LogP contribution is 2.34. The van der Waals surface area contributed by atoms with Gasteiger partial charge in [-0.15, -0.1) is 0 Å². The summed E-state index contributed by atoms with van der Waals surface area (Å²) in [4.78, 5) is 9.02. The molecule has 0 aliphatic rings. The fraction of sp³-hybridized carbons (Fsp3) is 0.333. The normalized spacial score (nSPS) is 11.0. The van der Waals surface area contributed by atoms with Gasteiger partial charge in [-0.1, -0.05) is 41.4 Å². The van der Waals surface area contributed by atoms with Gasteiger partial charge in [0.1, 0.15) is 10.9 Å². The first-order valence-electron chi connectivity index (χ1n) is 6.48. The molecule has 0 aliphatic carbocycles. The van der Waals surface area contributed by atoms with Crippen molar-refractivity contribution in [2.24, 2.45) is 5.92 Å². The van der Waals surface area contributed by atoms with Gasteiger partial charge in [-0.25, -0.2) is 9.97 Å². The van der Waals surface area contributed by atoms with Crippen LogP contribution in [0, 0.1) is 5.92 Å². The van der Waals surface area contributed by atoms with Crippen molar-refractivity contribution in [1.82, 2.24) is 9.97 Å². The zero-order chi connectivity index (χ0) is 15.6. The highest BCUT2D eigenvalue weighted by Gasteiger charge is 2.16. The first-order valence-corrected chi connectivity index (χ1v) is 8.44. The molecule has 0 bridgehead atoms. The molecule has 0 amide bonds. The Kier molecular flexibility index (Phi) is 5.63. The van der Waals surface area contributed by atoms with Crippen LogP contribution >= 0.6 is 43.5 Å². The topological polar surface area (TPSA) is 35.0 Å². The maximum atomic E-state index is 6.24. The van der Waals surface area contributed by atoms with Crippen molar-refractivity contribution in [3.05, 3.63) is 38.0 Å². The smallest absolute Gasteiger partial charge is 0.164 e. The van der Waals surface area contributed by atoms with Gasteiger partial charge >= 0.3 is 0 Å². The molecule has 0 atom stereocenters. The number of nitrogens with zero attached hydrogens (tertiary/aromatic N) is 2. The molecular formula is C15H15Br2ClN2O. The van der Waals surface area contributed by atoms with Crippen molar-refractivity contribution < 1.29 is 4.74 Å². The summed E-state index contributed by atoms with van der Waals surface area (Å²) in [5.74, 6) is 1.76. The lowest BCUT2D eigenvalue weighted by Gasteiger charge is -2.12. The van der Waals surface area contributed by atoms with E-state index in [1.165, 1.54) is 0 Å². The minimum absolute atomic E-state index is 0.415. The van der Waals surface area contributed by atoms with Crippen LogP contribution in [0.25, 0.3) is 11.4 Å². The molecule has 0 radical (unpaired) electrons. The number of ether oxygens (including phenoxy) is 1. The van der Waals surface area contributed by atoms with Gasteiger partial charge in [0.05, 0.1) is 22.8 Å². The Hall–Kier alpha value is -0.650. The van der Waals surface area contributed by atoms with Gasteiger partial charge in [-0.3, -0.25) is 0 Å². The molecule has 3 nitrogen and oxygen atoms in total. The summed E-state index contributed by atoms with van der Waals surface area (Å²) in [6, 6.07) is 5.72. The lowest BCUT2D eigenvalue weighted by Crippen LogP contribution is -2.03. The summed E-state index contributed by atoms with van der Waals surface area (Å²) in [6.07, 6.45) is 0.826. The van der Waals surface area contributed by atoms with E-state index in [-0.39, 0.29) is 0 Å². The summed E-state index contributed by atoms with van der Waals surface area (Å²) in [6.45, 7) is 4.28. The molecule has 2 rings (SSSR count). The molecule has 112 valence electrons. The molecule has 2 aromatic rings. The Balaban J connectivity index is 2.59. The van der Waals surface area contributed by atoms with Gasteiger partial charge in [0.2, 0.25) is 0 Å². The summed E-state index contributed by atoms with van der Waals surface area (Å²) < 4.78 is 7.09. The highest BCUT2D eigenvalue weighted by atomic mass is 79.9. The fourth-order valence-electron chi connectivity index (χ4n) is 1.96. The lowest BCUT2D eigenvalue weighted by molar-refractivity contribution is 0.416. The molecule has 6 heteroatoms. The van der Waals surface area contributed by atoms with Crippen LogP contribution in [0.5, 0.6) is 5.75 Å². The largest absolute Gasteiger partial charge is 0.496 e. The van der Waals surface area contributed by atoms with E-state index in [2.05, 4.69) is 55.7 Å². The van der Waals surface area contributed by atoms with Crippen molar-refractivity contribution in [2.45, 2.75) is 20.3 Å². The zero-order valence-electron chi connectivity index (χ0n) is 12.0. The number of hydrogen-bond donors (Lipinski definition) is 0. The van der Waals surface area contributed by atoms with Crippen molar-refractivity contribution in [1.29, 1.82) is 0 Å². The van der Waals surface area contributed by atoms with Crippen LogP contribution in [0.2, 0.25) is 5.15 Å². The Morgan fingerprint density at radius 3 is 2.57 bits per heavy atom. The molecule has 1 heterocycles. The number of halogens is 3. The summed E-state index contributed by atoms with van der Waals surface area (Å²) in [5.41, 5.74) is 1.72. The predicted molar refractivity (Wildman–Crippen MR) is 93.0 cm³/mol.